The highest BCUT2D eigenvalue weighted by atomic mass is 35.5. The number of nitrogens with zero attached hydrogens (tertiary/aromatic N) is 6. The zero-order valence-electron chi connectivity index (χ0n) is 20.3. The molecule has 0 saturated carbocycles. The molecule has 0 spiro atoms. The Balaban J connectivity index is 1.32. The minimum atomic E-state index is -1.17. The second-order valence-electron chi connectivity index (χ2n) is 8.40. The minimum Gasteiger partial charge on any atom is -0.465 e. The van der Waals surface area contributed by atoms with Crippen molar-refractivity contribution in [3.05, 3.63) is 89.7 Å². The molecule has 39 heavy (non-hydrogen) atoms. The lowest BCUT2D eigenvalue weighted by atomic mass is 10.0. The number of benzene rings is 3. The van der Waals surface area contributed by atoms with Crippen molar-refractivity contribution >= 4 is 40.7 Å². The standard InChI is InChI=1S/C25H23ClN8O5/c26-18-6-11-21(32-14-27-30-31-32)22(13-18)33-15-39-34(16-38-33)23(12-17-4-2-1-3-5-17)24(35)28-19-7-9-20(10-8-19)29-25(36)37/h1-11,13-14,23,29H,12,15-16H2,(H,28,35)(H,36,37). The summed E-state index contributed by atoms with van der Waals surface area (Å²) in [5.74, 6) is -0.327. The Morgan fingerprint density at radius 1 is 0.949 bits per heavy atom. The Hall–Kier alpha value is -4.56. The maximum absolute atomic E-state index is 13.4. The molecule has 5 rings (SSSR count). The van der Waals surface area contributed by atoms with Gasteiger partial charge in [-0.1, -0.05) is 41.9 Å². The summed E-state index contributed by atoms with van der Waals surface area (Å²) in [6.07, 6.45) is 0.629. The van der Waals surface area contributed by atoms with E-state index in [-0.39, 0.29) is 19.4 Å². The lowest BCUT2D eigenvalue weighted by molar-refractivity contribution is -0.279. The van der Waals surface area contributed by atoms with E-state index in [1.807, 2.05) is 30.3 Å². The fraction of sp³-hybridized carbons (Fsp3) is 0.160. The maximum Gasteiger partial charge on any atom is 0.409 e. The van der Waals surface area contributed by atoms with Gasteiger partial charge < -0.3 is 10.4 Å². The maximum atomic E-state index is 13.4. The van der Waals surface area contributed by atoms with Gasteiger partial charge in [0.25, 0.3) is 0 Å². The van der Waals surface area contributed by atoms with E-state index >= 15 is 0 Å². The summed E-state index contributed by atoms with van der Waals surface area (Å²) in [6, 6.07) is 20.3. The van der Waals surface area contributed by atoms with E-state index in [2.05, 4.69) is 26.2 Å². The molecular formula is C25H23ClN8O5. The molecule has 0 radical (unpaired) electrons. The molecule has 1 unspecified atom stereocenters. The van der Waals surface area contributed by atoms with E-state index in [1.54, 1.807) is 42.5 Å². The fourth-order valence-electron chi connectivity index (χ4n) is 3.96. The zero-order valence-corrected chi connectivity index (χ0v) is 21.1. The normalized spacial score (nSPS) is 14.5. The van der Waals surface area contributed by atoms with Gasteiger partial charge in [-0.05, 0) is 64.9 Å². The Kier molecular flexibility index (Phi) is 7.94. The van der Waals surface area contributed by atoms with Crippen LogP contribution in [0, 0.1) is 0 Å². The van der Waals surface area contributed by atoms with Crippen molar-refractivity contribution in [3.8, 4) is 5.69 Å². The predicted octanol–water partition coefficient (Wildman–Crippen LogP) is 3.56. The first kappa shape index (κ1) is 26.1. The Bertz CT molecular complexity index is 1410. The minimum absolute atomic E-state index is 0.0381. The summed E-state index contributed by atoms with van der Waals surface area (Å²) in [4.78, 5) is 36.3. The van der Waals surface area contributed by atoms with Crippen LogP contribution in [0.15, 0.2) is 79.1 Å². The average molecular weight is 551 g/mol. The van der Waals surface area contributed by atoms with Crippen molar-refractivity contribution < 1.29 is 24.4 Å². The Labute approximate surface area is 227 Å². The monoisotopic (exact) mass is 550 g/mol. The quantitative estimate of drug-likeness (QED) is 0.297. The molecule has 200 valence electrons. The van der Waals surface area contributed by atoms with Gasteiger partial charge in [0.2, 0.25) is 5.91 Å². The van der Waals surface area contributed by atoms with E-state index in [1.165, 1.54) is 21.1 Å². The van der Waals surface area contributed by atoms with Gasteiger partial charge in [-0.15, -0.1) is 10.2 Å². The van der Waals surface area contributed by atoms with Gasteiger partial charge in [0.15, 0.2) is 13.5 Å². The van der Waals surface area contributed by atoms with Gasteiger partial charge >= 0.3 is 6.09 Å². The number of aromatic nitrogens is 4. The number of anilines is 3. The molecule has 1 aromatic heterocycles. The van der Waals surface area contributed by atoms with Gasteiger partial charge in [0, 0.05) is 16.4 Å². The molecule has 4 aromatic rings. The summed E-state index contributed by atoms with van der Waals surface area (Å²) < 4.78 is 1.48. The molecule has 1 aliphatic rings. The Morgan fingerprint density at radius 2 is 1.69 bits per heavy atom. The molecule has 13 nitrogen and oxygen atoms in total. The highest BCUT2D eigenvalue weighted by molar-refractivity contribution is 6.31. The van der Waals surface area contributed by atoms with Crippen LogP contribution in [-0.2, 0) is 20.9 Å². The summed E-state index contributed by atoms with van der Waals surface area (Å²) in [5.41, 5.74) is 3.02. The number of hydroxylamine groups is 3. The van der Waals surface area contributed by atoms with Crippen LogP contribution in [0.1, 0.15) is 5.56 Å². The highest BCUT2D eigenvalue weighted by Crippen LogP contribution is 2.30. The largest absolute Gasteiger partial charge is 0.465 e. The number of carbonyl (C=O) groups is 2. The SMILES string of the molecule is O=C(O)Nc1ccc(NC(=O)C(Cc2ccccc2)N2CON(c3cc(Cl)ccc3-n3cnnn3)CO2)cc1. The number of halogens is 1. The molecule has 14 heteroatoms. The molecule has 1 saturated heterocycles. The van der Waals surface area contributed by atoms with Gasteiger partial charge in [-0.3, -0.25) is 19.8 Å². The fourth-order valence-corrected chi connectivity index (χ4v) is 4.12. The van der Waals surface area contributed by atoms with Crippen LogP contribution in [0.2, 0.25) is 5.02 Å². The van der Waals surface area contributed by atoms with Crippen LogP contribution in [0.4, 0.5) is 21.9 Å². The first-order valence-corrected chi connectivity index (χ1v) is 12.1. The van der Waals surface area contributed by atoms with Crippen LogP contribution >= 0.6 is 11.6 Å². The Morgan fingerprint density at radius 3 is 2.33 bits per heavy atom. The number of amides is 2. The predicted molar refractivity (Wildman–Crippen MR) is 141 cm³/mol. The summed E-state index contributed by atoms with van der Waals surface area (Å²) in [6.45, 7) is -0.0997. The van der Waals surface area contributed by atoms with Crippen molar-refractivity contribution in [1.82, 2.24) is 25.3 Å². The molecule has 3 aromatic carbocycles. The first-order valence-electron chi connectivity index (χ1n) is 11.7. The third-order valence-corrected chi connectivity index (χ3v) is 6.04. The van der Waals surface area contributed by atoms with Crippen LogP contribution < -0.4 is 15.7 Å². The molecule has 2 heterocycles. The van der Waals surface area contributed by atoms with Gasteiger partial charge in [-0.2, -0.15) is 4.68 Å². The molecule has 1 atom stereocenters. The van der Waals surface area contributed by atoms with Gasteiger partial charge in [0.1, 0.15) is 12.4 Å². The van der Waals surface area contributed by atoms with Crippen molar-refractivity contribution in [2.75, 3.05) is 29.2 Å². The van der Waals surface area contributed by atoms with Crippen LogP contribution in [-0.4, -0.2) is 61.9 Å². The van der Waals surface area contributed by atoms with Crippen molar-refractivity contribution in [1.29, 1.82) is 0 Å². The number of carbonyl (C=O) groups excluding carboxylic acids is 1. The number of nitrogens with one attached hydrogen (secondary N) is 2. The third kappa shape index (κ3) is 6.48. The van der Waals surface area contributed by atoms with Crippen LogP contribution in [0.5, 0.6) is 0 Å². The van der Waals surface area contributed by atoms with Crippen LogP contribution in [0.3, 0.4) is 0 Å². The number of tetrazole rings is 1. The molecule has 2 amide bonds. The summed E-state index contributed by atoms with van der Waals surface area (Å²) >= 11 is 6.24. The van der Waals surface area contributed by atoms with Crippen molar-refractivity contribution in [2.24, 2.45) is 0 Å². The topological polar surface area (TPSA) is 147 Å². The second-order valence-corrected chi connectivity index (χ2v) is 8.84. The van der Waals surface area contributed by atoms with E-state index in [0.29, 0.717) is 34.2 Å². The number of hydrogen-bond acceptors (Lipinski definition) is 9. The highest BCUT2D eigenvalue weighted by Gasteiger charge is 2.32. The summed E-state index contributed by atoms with van der Waals surface area (Å²) in [5, 5.41) is 28.8. The molecule has 0 aliphatic carbocycles. The number of rotatable bonds is 8. The van der Waals surface area contributed by atoms with Gasteiger partial charge in [0.05, 0.1) is 11.4 Å². The van der Waals surface area contributed by atoms with Gasteiger partial charge in [-0.25, -0.2) is 9.86 Å². The molecule has 0 bridgehead atoms. The molecule has 1 fully saturated rings. The molecular weight excluding hydrogens is 528 g/mol. The van der Waals surface area contributed by atoms with Crippen LogP contribution in [0.25, 0.3) is 5.69 Å². The lowest BCUT2D eigenvalue weighted by Crippen LogP contribution is -2.52. The lowest BCUT2D eigenvalue weighted by Gasteiger charge is -2.38. The summed E-state index contributed by atoms with van der Waals surface area (Å²) in [7, 11) is 0. The smallest absolute Gasteiger partial charge is 0.409 e. The van der Waals surface area contributed by atoms with E-state index in [4.69, 9.17) is 26.4 Å². The molecule has 1 aliphatic heterocycles. The number of hydrogen-bond donors (Lipinski definition) is 3. The molecule has 3 N–H and O–H groups in total. The van der Waals surface area contributed by atoms with Crippen molar-refractivity contribution in [3.63, 3.8) is 0 Å². The van der Waals surface area contributed by atoms with E-state index in [9.17, 15) is 9.59 Å². The van der Waals surface area contributed by atoms with E-state index < -0.39 is 12.1 Å². The second kappa shape index (κ2) is 11.9. The average Bonchev–Trinajstić information content (AvgIpc) is 3.48. The first-order chi connectivity index (χ1) is 19.0. The van der Waals surface area contributed by atoms with Crippen molar-refractivity contribution in [2.45, 2.75) is 12.5 Å². The third-order valence-electron chi connectivity index (χ3n) is 5.81. The van der Waals surface area contributed by atoms with E-state index in [0.717, 1.165) is 5.56 Å². The number of carboxylic acid groups (broad SMARTS) is 1. The zero-order chi connectivity index (χ0) is 27.2.